The summed E-state index contributed by atoms with van der Waals surface area (Å²) in [5.41, 5.74) is 1.70. The predicted molar refractivity (Wildman–Crippen MR) is 94.4 cm³/mol. The fourth-order valence-electron chi connectivity index (χ4n) is 2.93. The van der Waals surface area contributed by atoms with Crippen LogP contribution in [0.15, 0.2) is 42.5 Å². The van der Waals surface area contributed by atoms with Crippen molar-refractivity contribution in [1.29, 1.82) is 0 Å². The Morgan fingerprint density at radius 1 is 0.920 bits per heavy atom. The number of hydrogen-bond donors (Lipinski definition) is 0. The molecule has 0 spiro atoms. The van der Waals surface area contributed by atoms with E-state index >= 15 is 0 Å². The fraction of sp³-hybridized carbons (Fsp3) is 0.263. The van der Waals surface area contributed by atoms with Gasteiger partial charge < -0.3 is 9.80 Å². The van der Waals surface area contributed by atoms with Gasteiger partial charge in [0.15, 0.2) is 0 Å². The monoisotopic (exact) mass is 360 g/mol. The summed E-state index contributed by atoms with van der Waals surface area (Å²) in [6, 6.07) is 10.9. The highest BCUT2D eigenvalue weighted by Gasteiger charge is 2.26. The maximum Gasteiger partial charge on any atom is 0.254 e. The molecule has 0 N–H and O–H groups in total. The Balaban J connectivity index is 1.64. The van der Waals surface area contributed by atoms with E-state index in [1.54, 1.807) is 41.0 Å². The Hall–Kier alpha value is -2.40. The molecule has 6 heteroatoms. The van der Waals surface area contributed by atoms with Crippen LogP contribution in [0.2, 0.25) is 5.02 Å². The zero-order chi connectivity index (χ0) is 18.0. The zero-order valence-electron chi connectivity index (χ0n) is 13.8. The number of aryl methyl sites for hydroxylation is 1. The minimum absolute atomic E-state index is 0.0678. The van der Waals surface area contributed by atoms with Gasteiger partial charge in [0.05, 0.1) is 0 Å². The molecule has 1 aliphatic heterocycles. The second-order valence-electron chi connectivity index (χ2n) is 6.05. The molecular weight excluding hydrogens is 343 g/mol. The van der Waals surface area contributed by atoms with Crippen LogP contribution in [0.4, 0.5) is 4.39 Å². The highest BCUT2D eigenvalue weighted by Crippen LogP contribution is 2.16. The zero-order valence-corrected chi connectivity index (χ0v) is 14.6. The molecule has 0 atom stereocenters. The third-order valence-electron chi connectivity index (χ3n) is 4.36. The van der Waals surface area contributed by atoms with Crippen molar-refractivity contribution in [2.45, 2.75) is 6.92 Å². The molecular formula is C19H18ClFN2O2. The molecule has 2 amide bonds. The second-order valence-corrected chi connectivity index (χ2v) is 6.49. The molecule has 1 fully saturated rings. The van der Waals surface area contributed by atoms with Crippen molar-refractivity contribution in [3.8, 4) is 0 Å². The molecule has 1 heterocycles. The lowest BCUT2D eigenvalue weighted by molar-refractivity contribution is 0.0535. The number of rotatable bonds is 2. The van der Waals surface area contributed by atoms with Crippen LogP contribution in [0.5, 0.6) is 0 Å². The smallest absolute Gasteiger partial charge is 0.254 e. The van der Waals surface area contributed by atoms with Crippen molar-refractivity contribution < 1.29 is 14.0 Å². The summed E-state index contributed by atoms with van der Waals surface area (Å²) in [5, 5.41) is 0.585. The molecule has 2 aromatic carbocycles. The largest absolute Gasteiger partial charge is 0.335 e. The second kappa shape index (κ2) is 7.23. The molecule has 1 saturated heterocycles. The lowest BCUT2D eigenvalue weighted by Crippen LogP contribution is -2.50. The van der Waals surface area contributed by atoms with E-state index in [-0.39, 0.29) is 17.6 Å². The molecule has 130 valence electrons. The first-order valence-electron chi connectivity index (χ1n) is 8.06. The summed E-state index contributed by atoms with van der Waals surface area (Å²) in [6.07, 6.45) is 0. The quantitative estimate of drug-likeness (QED) is 0.823. The number of benzene rings is 2. The molecule has 0 aliphatic carbocycles. The molecule has 25 heavy (non-hydrogen) atoms. The van der Waals surface area contributed by atoms with E-state index in [0.717, 1.165) is 0 Å². The van der Waals surface area contributed by atoms with Gasteiger partial charge in [-0.2, -0.15) is 0 Å². The highest BCUT2D eigenvalue weighted by molar-refractivity contribution is 6.30. The third-order valence-corrected chi connectivity index (χ3v) is 4.62. The Bertz CT molecular complexity index is 800. The van der Waals surface area contributed by atoms with E-state index in [1.165, 1.54) is 18.2 Å². The minimum atomic E-state index is -0.354. The Morgan fingerprint density at radius 2 is 1.48 bits per heavy atom. The summed E-state index contributed by atoms with van der Waals surface area (Å²) in [5.74, 6) is -0.551. The molecule has 2 aromatic rings. The van der Waals surface area contributed by atoms with E-state index in [1.807, 2.05) is 0 Å². The van der Waals surface area contributed by atoms with E-state index in [0.29, 0.717) is 47.9 Å². The summed E-state index contributed by atoms with van der Waals surface area (Å²) in [7, 11) is 0. The standard InChI is InChI=1S/C19H18ClFN2O2/c1-13-12-16(21)6-7-17(13)19(25)23-10-8-22(9-11-23)18(24)14-2-4-15(20)5-3-14/h2-7,12H,8-11H2,1H3. The molecule has 0 aromatic heterocycles. The van der Waals surface area contributed by atoms with Crippen molar-refractivity contribution in [2.24, 2.45) is 0 Å². The Kier molecular flexibility index (Phi) is 5.04. The minimum Gasteiger partial charge on any atom is -0.335 e. The maximum absolute atomic E-state index is 13.2. The van der Waals surface area contributed by atoms with Gasteiger partial charge in [-0.1, -0.05) is 11.6 Å². The first-order chi connectivity index (χ1) is 12.0. The van der Waals surface area contributed by atoms with Crippen molar-refractivity contribution in [2.75, 3.05) is 26.2 Å². The van der Waals surface area contributed by atoms with E-state index in [2.05, 4.69) is 0 Å². The van der Waals surface area contributed by atoms with Crippen LogP contribution in [0.25, 0.3) is 0 Å². The van der Waals surface area contributed by atoms with Crippen LogP contribution >= 0.6 is 11.6 Å². The van der Waals surface area contributed by atoms with Gasteiger partial charge in [0.25, 0.3) is 11.8 Å². The molecule has 0 radical (unpaired) electrons. The molecule has 0 unspecified atom stereocenters. The van der Waals surface area contributed by atoms with Crippen LogP contribution in [0.3, 0.4) is 0 Å². The number of nitrogens with zero attached hydrogens (tertiary/aromatic N) is 2. The molecule has 4 nitrogen and oxygen atoms in total. The van der Waals surface area contributed by atoms with Gasteiger partial charge >= 0.3 is 0 Å². The lowest BCUT2D eigenvalue weighted by Gasteiger charge is -2.35. The van der Waals surface area contributed by atoms with Gasteiger partial charge in [-0.05, 0) is 55.0 Å². The van der Waals surface area contributed by atoms with Gasteiger partial charge in [-0.3, -0.25) is 9.59 Å². The first-order valence-corrected chi connectivity index (χ1v) is 8.44. The first kappa shape index (κ1) is 17.4. The number of piperazine rings is 1. The molecule has 0 bridgehead atoms. The van der Waals surface area contributed by atoms with Gasteiger partial charge in [0, 0.05) is 42.3 Å². The third kappa shape index (κ3) is 3.82. The lowest BCUT2D eigenvalue weighted by atomic mass is 10.1. The van der Waals surface area contributed by atoms with Crippen LogP contribution in [0.1, 0.15) is 26.3 Å². The van der Waals surface area contributed by atoms with Crippen molar-refractivity contribution in [3.63, 3.8) is 0 Å². The number of carbonyl (C=O) groups excluding carboxylic acids is 2. The number of amides is 2. The summed E-state index contributed by atoms with van der Waals surface area (Å²) in [6.45, 7) is 3.56. The van der Waals surface area contributed by atoms with Crippen molar-refractivity contribution >= 4 is 23.4 Å². The molecule has 0 saturated carbocycles. The number of carbonyl (C=O) groups is 2. The number of hydrogen-bond acceptors (Lipinski definition) is 2. The maximum atomic E-state index is 13.2. The van der Waals surface area contributed by atoms with Crippen LogP contribution in [-0.2, 0) is 0 Å². The Morgan fingerprint density at radius 3 is 2.04 bits per heavy atom. The van der Waals surface area contributed by atoms with Gasteiger partial charge in [0.1, 0.15) is 5.82 Å². The van der Waals surface area contributed by atoms with Gasteiger partial charge in [-0.25, -0.2) is 4.39 Å². The van der Waals surface area contributed by atoms with Crippen LogP contribution < -0.4 is 0 Å². The van der Waals surface area contributed by atoms with E-state index < -0.39 is 0 Å². The fourth-order valence-corrected chi connectivity index (χ4v) is 3.05. The van der Waals surface area contributed by atoms with Gasteiger partial charge in [-0.15, -0.1) is 0 Å². The predicted octanol–water partition coefficient (Wildman–Crippen LogP) is 3.39. The summed E-state index contributed by atoms with van der Waals surface area (Å²) in [4.78, 5) is 28.5. The SMILES string of the molecule is Cc1cc(F)ccc1C(=O)N1CCN(C(=O)c2ccc(Cl)cc2)CC1. The summed E-state index contributed by atoms with van der Waals surface area (Å²) >= 11 is 5.84. The van der Waals surface area contributed by atoms with Crippen molar-refractivity contribution in [1.82, 2.24) is 9.80 Å². The van der Waals surface area contributed by atoms with E-state index in [4.69, 9.17) is 11.6 Å². The van der Waals surface area contributed by atoms with Crippen LogP contribution in [0, 0.1) is 12.7 Å². The average molecular weight is 361 g/mol. The average Bonchev–Trinajstić information content (AvgIpc) is 2.61. The van der Waals surface area contributed by atoms with Crippen LogP contribution in [-0.4, -0.2) is 47.8 Å². The Labute approximate surface area is 150 Å². The topological polar surface area (TPSA) is 40.6 Å². The van der Waals surface area contributed by atoms with Gasteiger partial charge in [0.2, 0.25) is 0 Å². The van der Waals surface area contributed by atoms with E-state index in [9.17, 15) is 14.0 Å². The summed E-state index contributed by atoms with van der Waals surface area (Å²) < 4.78 is 13.2. The molecule has 1 aliphatic rings. The number of halogens is 2. The normalized spacial score (nSPS) is 14.5. The highest BCUT2D eigenvalue weighted by atomic mass is 35.5. The van der Waals surface area contributed by atoms with Crippen molar-refractivity contribution in [3.05, 3.63) is 70.0 Å². The molecule has 3 rings (SSSR count).